The molecule has 0 unspecified atom stereocenters. The van der Waals surface area contributed by atoms with Gasteiger partial charge in [0.25, 0.3) is 0 Å². The van der Waals surface area contributed by atoms with E-state index >= 15 is 0 Å². The highest BCUT2D eigenvalue weighted by molar-refractivity contribution is 6.03. The molecule has 3 amide bonds. The van der Waals surface area contributed by atoms with Crippen LogP contribution in [-0.2, 0) is 4.79 Å². The number of hydrogen-bond donors (Lipinski definition) is 2. The molecule has 1 fully saturated rings. The molecule has 1 saturated heterocycles. The summed E-state index contributed by atoms with van der Waals surface area (Å²) < 4.78 is 0. The van der Waals surface area contributed by atoms with Crippen molar-refractivity contribution in [1.29, 1.82) is 0 Å². The molecule has 0 aromatic carbocycles. The van der Waals surface area contributed by atoms with Crippen LogP contribution in [0.4, 0.5) is 4.79 Å². The van der Waals surface area contributed by atoms with Crippen molar-refractivity contribution in [3.63, 3.8) is 0 Å². The number of amidine groups is 1. The number of piperidine rings is 1. The molecule has 0 aromatic heterocycles. The molecule has 3 N–H and O–H groups in total. The van der Waals surface area contributed by atoms with Crippen molar-refractivity contribution in [2.75, 3.05) is 19.6 Å². The fraction of sp³-hybridized carbons (Fsp3) is 0.727. The molecule has 0 radical (unpaired) electrons. The molecule has 0 atom stereocenters. The molecule has 6 nitrogen and oxygen atoms in total. The van der Waals surface area contributed by atoms with Crippen molar-refractivity contribution in [3.05, 3.63) is 0 Å². The highest BCUT2D eigenvalue weighted by Gasteiger charge is 2.18. The SMILES string of the molecule is CCNC(=O)C/C(=N/C(N)=O)N1CCCCC1. The van der Waals surface area contributed by atoms with Gasteiger partial charge in [0, 0.05) is 19.6 Å². The predicted octanol–water partition coefficient (Wildman–Crippen LogP) is 0.476. The van der Waals surface area contributed by atoms with Gasteiger partial charge in [-0.2, -0.15) is 4.99 Å². The van der Waals surface area contributed by atoms with Gasteiger partial charge in [-0.05, 0) is 26.2 Å². The van der Waals surface area contributed by atoms with E-state index in [0.717, 1.165) is 25.9 Å². The quantitative estimate of drug-likeness (QED) is 0.555. The maximum atomic E-state index is 11.5. The Bertz CT molecular complexity index is 309. The van der Waals surface area contributed by atoms with Crippen LogP contribution in [0.2, 0.25) is 0 Å². The molecular formula is C11H20N4O2. The number of hydrogen-bond acceptors (Lipinski definition) is 2. The van der Waals surface area contributed by atoms with Crippen LogP contribution in [0.3, 0.4) is 0 Å². The molecule has 0 aromatic rings. The smallest absolute Gasteiger partial charge is 0.340 e. The van der Waals surface area contributed by atoms with E-state index in [1.807, 2.05) is 11.8 Å². The van der Waals surface area contributed by atoms with Crippen LogP contribution < -0.4 is 11.1 Å². The van der Waals surface area contributed by atoms with E-state index in [-0.39, 0.29) is 12.3 Å². The lowest BCUT2D eigenvalue weighted by Crippen LogP contribution is -2.39. The topological polar surface area (TPSA) is 87.8 Å². The zero-order valence-electron chi connectivity index (χ0n) is 10.2. The van der Waals surface area contributed by atoms with Gasteiger partial charge in [0.05, 0.1) is 6.42 Å². The fourth-order valence-electron chi connectivity index (χ4n) is 1.90. The summed E-state index contributed by atoms with van der Waals surface area (Å²) in [4.78, 5) is 28.1. The number of urea groups is 1. The zero-order valence-corrected chi connectivity index (χ0v) is 10.2. The summed E-state index contributed by atoms with van der Waals surface area (Å²) in [7, 11) is 0. The van der Waals surface area contributed by atoms with Crippen LogP contribution in [0.1, 0.15) is 32.6 Å². The van der Waals surface area contributed by atoms with Gasteiger partial charge in [-0.1, -0.05) is 0 Å². The Hall–Kier alpha value is -1.59. The summed E-state index contributed by atoms with van der Waals surface area (Å²) in [6.45, 7) is 4.10. The minimum absolute atomic E-state index is 0.122. The van der Waals surface area contributed by atoms with E-state index in [9.17, 15) is 9.59 Å². The molecule has 96 valence electrons. The number of nitrogens with one attached hydrogen (secondary N) is 1. The van der Waals surface area contributed by atoms with E-state index < -0.39 is 6.03 Å². The van der Waals surface area contributed by atoms with Crippen LogP contribution in [0.5, 0.6) is 0 Å². The Morgan fingerprint density at radius 3 is 2.47 bits per heavy atom. The maximum Gasteiger partial charge on any atom is 0.340 e. The second-order valence-electron chi connectivity index (χ2n) is 4.04. The Morgan fingerprint density at radius 1 is 1.29 bits per heavy atom. The number of primary amides is 1. The lowest BCUT2D eigenvalue weighted by atomic mass is 10.1. The lowest BCUT2D eigenvalue weighted by molar-refractivity contribution is -0.119. The second kappa shape index (κ2) is 6.88. The van der Waals surface area contributed by atoms with Gasteiger partial charge in [0.1, 0.15) is 5.84 Å². The third-order valence-electron chi connectivity index (χ3n) is 2.65. The molecule has 17 heavy (non-hydrogen) atoms. The summed E-state index contributed by atoms with van der Waals surface area (Å²) in [5.41, 5.74) is 5.06. The summed E-state index contributed by atoms with van der Waals surface area (Å²) in [5.74, 6) is 0.362. The number of rotatable bonds is 3. The van der Waals surface area contributed by atoms with Gasteiger partial charge in [-0.3, -0.25) is 4.79 Å². The molecule has 0 bridgehead atoms. The number of carbonyl (C=O) groups excluding carboxylic acids is 2. The average Bonchev–Trinajstić information content (AvgIpc) is 2.29. The number of likely N-dealkylation sites (tertiary alicyclic amines) is 1. The molecule has 1 heterocycles. The van der Waals surface area contributed by atoms with Crippen LogP contribution in [-0.4, -0.2) is 42.3 Å². The number of nitrogens with zero attached hydrogens (tertiary/aromatic N) is 2. The van der Waals surface area contributed by atoms with Crippen molar-refractivity contribution in [3.8, 4) is 0 Å². The van der Waals surface area contributed by atoms with E-state index in [1.165, 1.54) is 6.42 Å². The van der Waals surface area contributed by atoms with Gasteiger partial charge in [0.15, 0.2) is 0 Å². The van der Waals surface area contributed by atoms with Gasteiger partial charge < -0.3 is 16.0 Å². The van der Waals surface area contributed by atoms with Crippen LogP contribution >= 0.6 is 0 Å². The molecule has 1 rings (SSSR count). The van der Waals surface area contributed by atoms with E-state index in [4.69, 9.17) is 5.73 Å². The normalized spacial score (nSPS) is 16.8. The van der Waals surface area contributed by atoms with Crippen molar-refractivity contribution < 1.29 is 9.59 Å². The molecule has 0 aliphatic carbocycles. The zero-order chi connectivity index (χ0) is 12.7. The van der Waals surface area contributed by atoms with Crippen molar-refractivity contribution in [2.24, 2.45) is 10.7 Å². The monoisotopic (exact) mass is 240 g/mol. The molecule has 0 spiro atoms. The molecule has 1 aliphatic rings. The van der Waals surface area contributed by atoms with Crippen LogP contribution in [0, 0.1) is 0 Å². The number of amides is 3. The Morgan fingerprint density at radius 2 is 1.94 bits per heavy atom. The number of nitrogens with two attached hydrogens (primary N) is 1. The lowest BCUT2D eigenvalue weighted by Gasteiger charge is -2.29. The van der Waals surface area contributed by atoms with Gasteiger partial charge >= 0.3 is 6.03 Å². The minimum atomic E-state index is -0.741. The summed E-state index contributed by atoms with van der Waals surface area (Å²) in [5, 5.41) is 2.69. The first kappa shape index (κ1) is 13.5. The summed E-state index contributed by atoms with van der Waals surface area (Å²) in [6, 6.07) is -0.741. The highest BCUT2D eigenvalue weighted by Crippen LogP contribution is 2.11. The molecule has 1 aliphatic heterocycles. The summed E-state index contributed by atoms with van der Waals surface area (Å²) >= 11 is 0. The first-order chi connectivity index (χ1) is 8.13. The first-order valence-corrected chi connectivity index (χ1v) is 6.02. The standard InChI is InChI=1S/C11H20N4O2/c1-2-13-10(16)8-9(14-11(12)17)15-6-4-3-5-7-15/h2-8H2,1H3,(H2,12,17)(H,13,16)/b14-9-. The Balaban J connectivity index is 2.66. The Kier molecular flexibility index (Phi) is 5.45. The first-order valence-electron chi connectivity index (χ1n) is 6.02. The number of aliphatic imine (C=N–C) groups is 1. The third kappa shape index (κ3) is 4.84. The Labute approximate surface area is 101 Å². The minimum Gasteiger partial charge on any atom is -0.359 e. The van der Waals surface area contributed by atoms with Gasteiger partial charge in [0.2, 0.25) is 5.91 Å². The molecule has 0 saturated carbocycles. The van der Waals surface area contributed by atoms with Gasteiger partial charge in [-0.15, -0.1) is 0 Å². The molecule has 6 heteroatoms. The van der Waals surface area contributed by atoms with Gasteiger partial charge in [-0.25, -0.2) is 4.79 Å². The van der Waals surface area contributed by atoms with Crippen molar-refractivity contribution >= 4 is 17.8 Å². The second-order valence-corrected chi connectivity index (χ2v) is 4.04. The predicted molar refractivity (Wildman–Crippen MR) is 65.7 cm³/mol. The maximum absolute atomic E-state index is 11.5. The average molecular weight is 240 g/mol. The fourth-order valence-corrected chi connectivity index (χ4v) is 1.90. The van der Waals surface area contributed by atoms with E-state index in [0.29, 0.717) is 12.4 Å². The number of carbonyl (C=O) groups is 2. The largest absolute Gasteiger partial charge is 0.359 e. The van der Waals surface area contributed by atoms with Crippen LogP contribution in [0.25, 0.3) is 0 Å². The van der Waals surface area contributed by atoms with E-state index in [1.54, 1.807) is 0 Å². The highest BCUT2D eigenvalue weighted by atomic mass is 16.2. The third-order valence-corrected chi connectivity index (χ3v) is 2.65. The summed E-state index contributed by atoms with van der Waals surface area (Å²) in [6.07, 6.45) is 3.43. The molecular weight excluding hydrogens is 220 g/mol. The van der Waals surface area contributed by atoms with Crippen molar-refractivity contribution in [2.45, 2.75) is 32.6 Å². The van der Waals surface area contributed by atoms with Crippen molar-refractivity contribution in [1.82, 2.24) is 10.2 Å². The van der Waals surface area contributed by atoms with Crippen LogP contribution in [0.15, 0.2) is 4.99 Å². The van der Waals surface area contributed by atoms with E-state index in [2.05, 4.69) is 10.3 Å².